The Bertz CT molecular complexity index is 1030. The quantitative estimate of drug-likeness (QED) is 0.716. The van der Waals surface area contributed by atoms with Gasteiger partial charge in [0.1, 0.15) is 6.07 Å². The third-order valence-corrected chi connectivity index (χ3v) is 6.62. The number of carbonyl (C=O) groups excluding carboxylic acids is 1. The van der Waals surface area contributed by atoms with Gasteiger partial charge in [0.15, 0.2) is 0 Å². The molecule has 7 heteroatoms. The van der Waals surface area contributed by atoms with Gasteiger partial charge in [0.2, 0.25) is 0 Å². The summed E-state index contributed by atoms with van der Waals surface area (Å²) in [6.07, 6.45) is 1.66. The molecule has 1 saturated heterocycles. The van der Waals surface area contributed by atoms with Crippen LogP contribution < -0.4 is 0 Å². The van der Waals surface area contributed by atoms with E-state index in [1.807, 2.05) is 29.2 Å². The van der Waals surface area contributed by atoms with Crippen molar-refractivity contribution in [3.8, 4) is 6.07 Å². The number of rotatable bonds is 3. The van der Waals surface area contributed by atoms with Crippen LogP contribution in [-0.4, -0.2) is 46.9 Å². The number of para-hydroxylation sites is 1. The second kappa shape index (κ2) is 7.35. The average molecular weight is 399 g/mol. The fraction of sp³-hybridized carbons (Fsp3) is 0.300. The molecule has 1 aliphatic rings. The summed E-state index contributed by atoms with van der Waals surface area (Å²) >= 11 is 7.67. The fourth-order valence-corrected chi connectivity index (χ4v) is 4.79. The molecule has 1 N–H and O–H groups in total. The second-order valence-electron chi connectivity index (χ2n) is 6.69. The van der Waals surface area contributed by atoms with Crippen molar-refractivity contribution in [3.63, 3.8) is 0 Å². The third kappa shape index (κ3) is 3.34. The van der Waals surface area contributed by atoms with Gasteiger partial charge in [0.25, 0.3) is 5.91 Å². The van der Waals surface area contributed by atoms with Gasteiger partial charge in [-0.15, -0.1) is 11.3 Å². The SMILES string of the molecule is CC(c1ccc(Cl)s1)N1CCN(C(=O)c2cccc3c(C#N)c[nH]c23)CC1. The zero-order valence-electron chi connectivity index (χ0n) is 14.9. The van der Waals surface area contributed by atoms with Crippen LogP contribution in [0.5, 0.6) is 0 Å². The van der Waals surface area contributed by atoms with E-state index in [1.165, 1.54) is 4.88 Å². The van der Waals surface area contributed by atoms with E-state index >= 15 is 0 Å². The summed E-state index contributed by atoms with van der Waals surface area (Å²) < 4.78 is 0.807. The van der Waals surface area contributed by atoms with Crippen LogP contribution in [0.15, 0.2) is 36.5 Å². The molecule has 1 amide bonds. The van der Waals surface area contributed by atoms with Crippen molar-refractivity contribution in [2.24, 2.45) is 0 Å². The van der Waals surface area contributed by atoms with Gasteiger partial charge in [-0.2, -0.15) is 5.26 Å². The minimum Gasteiger partial charge on any atom is -0.359 e. The fourth-order valence-electron chi connectivity index (χ4n) is 3.64. The first kappa shape index (κ1) is 18.1. The van der Waals surface area contributed by atoms with Gasteiger partial charge < -0.3 is 9.88 Å². The molecule has 0 radical (unpaired) electrons. The van der Waals surface area contributed by atoms with E-state index in [4.69, 9.17) is 11.6 Å². The summed E-state index contributed by atoms with van der Waals surface area (Å²) in [7, 11) is 0. The molecular weight excluding hydrogens is 380 g/mol. The number of nitrogens with zero attached hydrogens (tertiary/aromatic N) is 3. The molecule has 138 valence electrons. The predicted octanol–water partition coefficient (Wildman–Crippen LogP) is 4.27. The maximum Gasteiger partial charge on any atom is 0.256 e. The zero-order chi connectivity index (χ0) is 19.0. The lowest BCUT2D eigenvalue weighted by atomic mass is 10.1. The number of hydrogen-bond donors (Lipinski definition) is 1. The summed E-state index contributed by atoms with van der Waals surface area (Å²) in [5, 5.41) is 10.00. The Labute approximate surface area is 166 Å². The van der Waals surface area contributed by atoms with Crippen LogP contribution in [0.4, 0.5) is 0 Å². The average Bonchev–Trinajstić information content (AvgIpc) is 3.32. The minimum absolute atomic E-state index is 0.0124. The van der Waals surface area contributed by atoms with Crippen molar-refractivity contribution in [1.29, 1.82) is 5.26 Å². The van der Waals surface area contributed by atoms with E-state index in [2.05, 4.69) is 28.9 Å². The molecule has 0 spiro atoms. The van der Waals surface area contributed by atoms with Gasteiger partial charge in [-0.25, -0.2) is 0 Å². The Morgan fingerprint density at radius 3 is 2.70 bits per heavy atom. The lowest BCUT2D eigenvalue weighted by Gasteiger charge is -2.37. The number of H-pyrrole nitrogens is 1. The number of piperazine rings is 1. The van der Waals surface area contributed by atoms with Crippen LogP contribution in [0.25, 0.3) is 10.9 Å². The Morgan fingerprint density at radius 1 is 1.26 bits per heavy atom. The molecule has 1 fully saturated rings. The van der Waals surface area contributed by atoms with Gasteiger partial charge in [-0.1, -0.05) is 23.7 Å². The van der Waals surface area contributed by atoms with E-state index in [-0.39, 0.29) is 5.91 Å². The lowest BCUT2D eigenvalue weighted by Crippen LogP contribution is -2.49. The number of aromatic amines is 1. The van der Waals surface area contributed by atoms with Crippen molar-refractivity contribution >= 4 is 39.7 Å². The molecule has 3 aromatic rings. The molecule has 0 bridgehead atoms. The monoisotopic (exact) mass is 398 g/mol. The highest BCUT2D eigenvalue weighted by Crippen LogP contribution is 2.31. The van der Waals surface area contributed by atoms with Gasteiger partial charge in [0, 0.05) is 48.7 Å². The van der Waals surface area contributed by atoms with Gasteiger partial charge in [-0.3, -0.25) is 9.69 Å². The lowest BCUT2D eigenvalue weighted by molar-refractivity contribution is 0.0586. The molecule has 0 aliphatic carbocycles. The summed E-state index contributed by atoms with van der Waals surface area (Å²) in [5.41, 5.74) is 1.93. The number of thiophene rings is 1. The maximum absolute atomic E-state index is 13.1. The molecule has 1 aliphatic heterocycles. The molecule has 1 unspecified atom stereocenters. The number of carbonyl (C=O) groups is 1. The maximum atomic E-state index is 13.1. The van der Waals surface area contributed by atoms with Crippen molar-refractivity contribution in [1.82, 2.24) is 14.8 Å². The molecule has 5 nitrogen and oxygen atoms in total. The molecule has 4 rings (SSSR count). The summed E-state index contributed by atoms with van der Waals surface area (Å²) in [6, 6.07) is 12.0. The third-order valence-electron chi connectivity index (χ3n) is 5.22. The highest BCUT2D eigenvalue weighted by Gasteiger charge is 2.27. The summed E-state index contributed by atoms with van der Waals surface area (Å²) in [5.74, 6) is 0.0124. The molecule has 27 heavy (non-hydrogen) atoms. The van der Waals surface area contributed by atoms with E-state index < -0.39 is 0 Å². The highest BCUT2D eigenvalue weighted by atomic mass is 35.5. The van der Waals surface area contributed by atoms with E-state index in [0.717, 1.165) is 28.3 Å². The number of fused-ring (bicyclic) bond motifs is 1. The highest BCUT2D eigenvalue weighted by molar-refractivity contribution is 7.16. The van der Waals surface area contributed by atoms with Gasteiger partial charge >= 0.3 is 0 Å². The molecule has 3 heterocycles. The van der Waals surface area contributed by atoms with Crippen LogP contribution in [0, 0.1) is 11.3 Å². The largest absolute Gasteiger partial charge is 0.359 e. The molecule has 0 saturated carbocycles. The molecule has 1 aromatic carbocycles. The van der Waals surface area contributed by atoms with E-state index in [9.17, 15) is 10.1 Å². The van der Waals surface area contributed by atoms with Crippen LogP contribution in [0.2, 0.25) is 4.34 Å². The van der Waals surface area contributed by atoms with E-state index in [0.29, 0.717) is 30.3 Å². The van der Waals surface area contributed by atoms with Crippen molar-refractivity contribution in [2.45, 2.75) is 13.0 Å². The Hall–Kier alpha value is -2.33. The first-order valence-corrected chi connectivity index (χ1v) is 10.1. The smallest absolute Gasteiger partial charge is 0.256 e. The predicted molar refractivity (Wildman–Crippen MR) is 108 cm³/mol. The van der Waals surface area contributed by atoms with Crippen LogP contribution in [0.1, 0.15) is 33.8 Å². The number of nitrogens with one attached hydrogen (secondary N) is 1. The van der Waals surface area contributed by atoms with Crippen molar-refractivity contribution in [3.05, 3.63) is 56.9 Å². The van der Waals surface area contributed by atoms with Gasteiger partial charge in [-0.05, 0) is 25.1 Å². The second-order valence-corrected chi connectivity index (χ2v) is 8.43. The first-order chi connectivity index (χ1) is 13.1. The topological polar surface area (TPSA) is 63.1 Å². The van der Waals surface area contributed by atoms with Crippen LogP contribution >= 0.6 is 22.9 Å². The van der Waals surface area contributed by atoms with Crippen molar-refractivity contribution in [2.75, 3.05) is 26.2 Å². The minimum atomic E-state index is 0.0124. The van der Waals surface area contributed by atoms with Crippen LogP contribution in [-0.2, 0) is 0 Å². The number of nitriles is 1. The summed E-state index contributed by atoms with van der Waals surface area (Å²) in [6.45, 7) is 5.21. The Balaban J connectivity index is 1.48. The Morgan fingerprint density at radius 2 is 2.04 bits per heavy atom. The normalized spacial score (nSPS) is 16.4. The first-order valence-electron chi connectivity index (χ1n) is 8.87. The zero-order valence-corrected chi connectivity index (χ0v) is 16.5. The number of halogens is 1. The standard InChI is InChI=1S/C20H19ClN4OS/c1-13(17-5-6-18(21)27-17)24-7-9-25(10-8-24)20(26)16-4-2-3-15-14(11-22)12-23-19(15)16/h2-6,12-13,23H,7-10H2,1H3. The number of amides is 1. The van der Waals surface area contributed by atoms with E-state index in [1.54, 1.807) is 17.5 Å². The molecule has 2 aromatic heterocycles. The van der Waals surface area contributed by atoms with Crippen molar-refractivity contribution < 1.29 is 4.79 Å². The molecular formula is C20H19ClN4OS. The molecule has 1 atom stereocenters. The number of benzene rings is 1. The number of aromatic nitrogens is 1. The Kier molecular flexibility index (Phi) is 4.92. The van der Waals surface area contributed by atoms with Gasteiger partial charge in [0.05, 0.1) is 21.0 Å². The van der Waals surface area contributed by atoms with Crippen LogP contribution in [0.3, 0.4) is 0 Å². The summed E-state index contributed by atoms with van der Waals surface area (Å²) in [4.78, 5) is 21.7. The number of hydrogen-bond acceptors (Lipinski definition) is 4.